The number of thiocarbonyl (C=S) groups is 1. The number of pyridine rings is 1. The minimum Gasteiger partial charge on any atom is -0.493 e. The number of nitrogens with one attached hydrogen (secondary N) is 2. The predicted molar refractivity (Wildman–Crippen MR) is 103 cm³/mol. The second kappa shape index (κ2) is 7.70. The first-order chi connectivity index (χ1) is 12.2. The van der Waals surface area contributed by atoms with Gasteiger partial charge >= 0.3 is 0 Å². The van der Waals surface area contributed by atoms with E-state index in [1.54, 1.807) is 26.6 Å². The average molecular weight is 357 g/mol. The Morgan fingerprint density at radius 2 is 1.72 bits per heavy atom. The summed E-state index contributed by atoms with van der Waals surface area (Å²) in [4.78, 5) is 4.02. The second-order valence-corrected chi connectivity index (χ2v) is 6.58. The number of methoxy groups -OCH3 is 2. The SMILES string of the molecule is COc1ccc(C2(NC(=S)Nc3ccncc3)CCCC2)cc1OC. The molecule has 0 aliphatic heterocycles. The van der Waals surface area contributed by atoms with Crippen molar-refractivity contribution in [3.05, 3.63) is 48.3 Å². The van der Waals surface area contributed by atoms with E-state index in [1.165, 1.54) is 18.4 Å². The van der Waals surface area contributed by atoms with Crippen LogP contribution in [0.4, 0.5) is 5.69 Å². The maximum absolute atomic E-state index is 5.56. The summed E-state index contributed by atoms with van der Waals surface area (Å²) in [5.74, 6) is 1.47. The highest BCUT2D eigenvalue weighted by atomic mass is 32.1. The van der Waals surface area contributed by atoms with Gasteiger partial charge in [-0.05, 0) is 54.9 Å². The molecule has 132 valence electrons. The maximum Gasteiger partial charge on any atom is 0.171 e. The zero-order chi connectivity index (χ0) is 17.7. The van der Waals surface area contributed by atoms with Crippen molar-refractivity contribution < 1.29 is 9.47 Å². The van der Waals surface area contributed by atoms with Gasteiger partial charge in [-0.3, -0.25) is 4.98 Å². The fourth-order valence-corrected chi connectivity index (χ4v) is 3.73. The van der Waals surface area contributed by atoms with E-state index in [-0.39, 0.29) is 5.54 Å². The largest absolute Gasteiger partial charge is 0.493 e. The molecule has 1 aromatic heterocycles. The summed E-state index contributed by atoms with van der Waals surface area (Å²) in [5.41, 5.74) is 1.91. The van der Waals surface area contributed by atoms with Gasteiger partial charge in [0.2, 0.25) is 0 Å². The molecule has 2 N–H and O–H groups in total. The minimum absolute atomic E-state index is 0.184. The third-order valence-corrected chi connectivity index (χ3v) is 4.89. The number of anilines is 1. The fraction of sp³-hybridized carbons (Fsp3) is 0.368. The van der Waals surface area contributed by atoms with Crippen LogP contribution in [-0.2, 0) is 5.54 Å². The van der Waals surface area contributed by atoms with Gasteiger partial charge in [0, 0.05) is 18.1 Å². The molecule has 0 saturated heterocycles. The molecule has 1 saturated carbocycles. The molecular weight excluding hydrogens is 334 g/mol. The van der Waals surface area contributed by atoms with E-state index >= 15 is 0 Å². The molecule has 0 unspecified atom stereocenters. The van der Waals surface area contributed by atoms with Crippen LogP contribution in [0, 0.1) is 0 Å². The molecule has 0 radical (unpaired) electrons. The van der Waals surface area contributed by atoms with Gasteiger partial charge < -0.3 is 20.1 Å². The first kappa shape index (κ1) is 17.5. The van der Waals surface area contributed by atoms with E-state index in [2.05, 4.69) is 21.7 Å². The average Bonchev–Trinajstić information content (AvgIpc) is 3.11. The number of ether oxygens (including phenoxy) is 2. The van der Waals surface area contributed by atoms with Gasteiger partial charge in [-0.1, -0.05) is 18.9 Å². The molecule has 0 atom stereocenters. The van der Waals surface area contributed by atoms with Crippen LogP contribution >= 0.6 is 12.2 Å². The summed E-state index contributed by atoms with van der Waals surface area (Å²) in [5, 5.41) is 7.40. The van der Waals surface area contributed by atoms with Gasteiger partial charge in [-0.15, -0.1) is 0 Å². The van der Waals surface area contributed by atoms with Gasteiger partial charge in [0.15, 0.2) is 16.6 Å². The van der Waals surface area contributed by atoms with Crippen molar-refractivity contribution in [1.82, 2.24) is 10.3 Å². The number of hydrogen-bond acceptors (Lipinski definition) is 4. The van der Waals surface area contributed by atoms with Crippen molar-refractivity contribution in [2.24, 2.45) is 0 Å². The predicted octanol–water partition coefficient (Wildman–Crippen LogP) is 3.85. The molecule has 0 spiro atoms. The Balaban J connectivity index is 1.83. The third kappa shape index (κ3) is 3.85. The summed E-state index contributed by atoms with van der Waals surface area (Å²) in [6.07, 6.45) is 7.87. The lowest BCUT2D eigenvalue weighted by atomic mass is 9.88. The van der Waals surface area contributed by atoms with Crippen LogP contribution in [-0.4, -0.2) is 24.3 Å². The van der Waals surface area contributed by atoms with Crippen molar-refractivity contribution in [2.45, 2.75) is 31.2 Å². The quantitative estimate of drug-likeness (QED) is 0.793. The number of benzene rings is 1. The van der Waals surface area contributed by atoms with Crippen LogP contribution < -0.4 is 20.1 Å². The Labute approximate surface area is 153 Å². The first-order valence-corrected chi connectivity index (χ1v) is 8.79. The number of hydrogen-bond donors (Lipinski definition) is 2. The normalized spacial score (nSPS) is 15.4. The highest BCUT2D eigenvalue weighted by Gasteiger charge is 2.36. The molecule has 1 heterocycles. The lowest BCUT2D eigenvalue weighted by Crippen LogP contribution is -2.45. The van der Waals surface area contributed by atoms with Crippen LogP contribution in [0.5, 0.6) is 11.5 Å². The summed E-state index contributed by atoms with van der Waals surface area (Å²) < 4.78 is 10.8. The highest BCUT2D eigenvalue weighted by molar-refractivity contribution is 7.80. The standard InChI is InChI=1S/C19H23N3O2S/c1-23-16-6-5-14(13-17(16)24-2)19(9-3-4-10-19)22-18(25)21-15-7-11-20-12-8-15/h5-8,11-13H,3-4,9-10H2,1-2H3,(H2,20,21,22,25). The summed E-state index contributed by atoms with van der Waals surface area (Å²) in [6.45, 7) is 0. The van der Waals surface area contributed by atoms with Crippen molar-refractivity contribution in [3.63, 3.8) is 0 Å². The number of rotatable bonds is 5. The van der Waals surface area contributed by atoms with E-state index in [9.17, 15) is 0 Å². The van der Waals surface area contributed by atoms with Crippen LogP contribution in [0.2, 0.25) is 0 Å². The molecule has 25 heavy (non-hydrogen) atoms. The van der Waals surface area contributed by atoms with Gasteiger partial charge in [0.1, 0.15) is 0 Å². The summed E-state index contributed by atoms with van der Waals surface area (Å²) >= 11 is 5.56. The van der Waals surface area contributed by atoms with Gasteiger partial charge in [-0.25, -0.2) is 0 Å². The van der Waals surface area contributed by atoms with Crippen molar-refractivity contribution in [2.75, 3.05) is 19.5 Å². The molecule has 0 amide bonds. The molecule has 0 bridgehead atoms. The third-order valence-electron chi connectivity index (χ3n) is 4.68. The van der Waals surface area contributed by atoms with E-state index < -0.39 is 0 Å². The Kier molecular flexibility index (Phi) is 5.38. The lowest BCUT2D eigenvalue weighted by molar-refractivity contribution is 0.350. The maximum atomic E-state index is 5.56. The molecule has 1 aliphatic carbocycles. The van der Waals surface area contributed by atoms with E-state index in [0.717, 1.165) is 30.0 Å². The van der Waals surface area contributed by atoms with E-state index in [1.807, 2.05) is 24.3 Å². The van der Waals surface area contributed by atoms with Crippen LogP contribution in [0.1, 0.15) is 31.2 Å². The van der Waals surface area contributed by atoms with Crippen molar-refractivity contribution in [3.8, 4) is 11.5 Å². The molecule has 1 fully saturated rings. The highest BCUT2D eigenvalue weighted by Crippen LogP contribution is 2.41. The molecule has 6 heteroatoms. The first-order valence-electron chi connectivity index (χ1n) is 8.38. The smallest absolute Gasteiger partial charge is 0.171 e. The summed E-state index contributed by atoms with van der Waals surface area (Å²) in [6, 6.07) is 9.88. The van der Waals surface area contributed by atoms with Crippen LogP contribution in [0.25, 0.3) is 0 Å². The Bertz CT molecular complexity index is 731. The Morgan fingerprint density at radius 1 is 1.04 bits per heavy atom. The number of aromatic nitrogens is 1. The molecule has 1 aromatic carbocycles. The molecular formula is C19H23N3O2S. The zero-order valence-corrected chi connectivity index (χ0v) is 15.4. The monoisotopic (exact) mass is 357 g/mol. The minimum atomic E-state index is -0.184. The number of nitrogens with zero attached hydrogens (tertiary/aromatic N) is 1. The van der Waals surface area contributed by atoms with Crippen LogP contribution in [0.15, 0.2) is 42.7 Å². The Hall–Kier alpha value is -2.34. The zero-order valence-electron chi connectivity index (χ0n) is 14.5. The fourth-order valence-electron chi connectivity index (χ4n) is 3.41. The molecule has 1 aliphatic rings. The van der Waals surface area contributed by atoms with E-state index in [0.29, 0.717) is 5.11 Å². The van der Waals surface area contributed by atoms with Gasteiger partial charge in [0.05, 0.1) is 19.8 Å². The lowest BCUT2D eigenvalue weighted by Gasteiger charge is -2.33. The van der Waals surface area contributed by atoms with Crippen molar-refractivity contribution >= 4 is 23.0 Å². The van der Waals surface area contributed by atoms with Gasteiger partial charge in [0.25, 0.3) is 0 Å². The second-order valence-electron chi connectivity index (χ2n) is 6.17. The topological polar surface area (TPSA) is 55.4 Å². The molecule has 2 aromatic rings. The Morgan fingerprint density at radius 3 is 2.36 bits per heavy atom. The molecule has 5 nitrogen and oxygen atoms in total. The van der Waals surface area contributed by atoms with Crippen molar-refractivity contribution in [1.29, 1.82) is 0 Å². The van der Waals surface area contributed by atoms with Gasteiger partial charge in [-0.2, -0.15) is 0 Å². The van der Waals surface area contributed by atoms with E-state index in [4.69, 9.17) is 21.7 Å². The molecule has 3 rings (SSSR count). The summed E-state index contributed by atoms with van der Waals surface area (Å²) in [7, 11) is 3.31. The van der Waals surface area contributed by atoms with Crippen LogP contribution in [0.3, 0.4) is 0 Å².